The number of hydrogen-bond acceptors (Lipinski definition) is 6. The molecule has 2 aliphatic rings. The van der Waals surface area contributed by atoms with E-state index in [0.29, 0.717) is 24.8 Å². The summed E-state index contributed by atoms with van der Waals surface area (Å²) in [4.78, 5) is 30.4. The highest BCUT2D eigenvalue weighted by atomic mass is 32.2. The molecule has 2 amide bonds. The van der Waals surface area contributed by atoms with Gasteiger partial charge in [0.25, 0.3) is 5.91 Å². The topological polar surface area (TPSA) is 109 Å². The van der Waals surface area contributed by atoms with E-state index in [1.165, 1.54) is 21.3 Å². The van der Waals surface area contributed by atoms with Crippen molar-refractivity contribution >= 4 is 27.5 Å². The summed E-state index contributed by atoms with van der Waals surface area (Å²) in [5.41, 5.74) is 1.11. The maximum Gasteiger partial charge on any atom is 0.265 e. The number of nitrogens with zero attached hydrogens (tertiary/aromatic N) is 3. The highest BCUT2D eigenvalue weighted by Gasteiger charge is 2.32. The predicted molar refractivity (Wildman–Crippen MR) is 118 cm³/mol. The van der Waals surface area contributed by atoms with E-state index in [9.17, 15) is 18.0 Å². The molecule has 1 N–H and O–H groups in total. The van der Waals surface area contributed by atoms with Crippen molar-refractivity contribution in [2.45, 2.75) is 31.2 Å². The Morgan fingerprint density at radius 3 is 2.75 bits per heavy atom. The molecule has 9 nitrogen and oxygen atoms in total. The molecule has 1 aromatic carbocycles. The smallest absolute Gasteiger partial charge is 0.265 e. The molecule has 1 aromatic heterocycles. The fraction of sp³-hybridized carbons (Fsp3) is 0.409. The molecular weight excluding hydrogens is 432 g/mol. The molecule has 1 saturated heterocycles. The van der Waals surface area contributed by atoms with Gasteiger partial charge in [-0.15, -0.1) is 0 Å². The van der Waals surface area contributed by atoms with Crippen LogP contribution in [-0.4, -0.2) is 55.8 Å². The van der Waals surface area contributed by atoms with Gasteiger partial charge in [-0.3, -0.25) is 19.5 Å². The first kappa shape index (κ1) is 22.2. The number of amides is 2. The minimum atomic E-state index is -3.70. The van der Waals surface area contributed by atoms with Crippen LogP contribution in [0, 0.1) is 5.92 Å². The van der Waals surface area contributed by atoms with Crippen LogP contribution in [0.15, 0.2) is 47.6 Å². The highest BCUT2D eigenvalue weighted by molar-refractivity contribution is 7.89. The van der Waals surface area contributed by atoms with Crippen LogP contribution in [0.25, 0.3) is 0 Å². The number of benzene rings is 1. The summed E-state index contributed by atoms with van der Waals surface area (Å²) in [5, 5.41) is 2.76. The van der Waals surface area contributed by atoms with E-state index in [4.69, 9.17) is 4.74 Å². The number of piperidine rings is 1. The monoisotopic (exact) mass is 458 g/mol. The molecule has 0 bridgehead atoms. The number of anilines is 1. The van der Waals surface area contributed by atoms with E-state index in [0.717, 1.165) is 18.4 Å². The van der Waals surface area contributed by atoms with Gasteiger partial charge in [0.1, 0.15) is 12.3 Å². The molecule has 0 spiro atoms. The van der Waals surface area contributed by atoms with Gasteiger partial charge in [-0.05, 0) is 48.6 Å². The van der Waals surface area contributed by atoms with Crippen molar-refractivity contribution in [3.8, 4) is 5.75 Å². The summed E-state index contributed by atoms with van der Waals surface area (Å²) >= 11 is 0. The van der Waals surface area contributed by atoms with Crippen molar-refractivity contribution in [2.24, 2.45) is 5.92 Å². The number of pyridine rings is 1. The molecule has 3 heterocycles. The second-order valence-corrected chi connectivity index (χ2v) is 10.1. The molecular formula is C22H26N4O5S. The lowest BCUT2D eigenvalue weighted by Gasteiger charge is -2.31. The van der Waals surface area contributed by atoms with Crippen LogP contribution in [0.2, 0.25) is 0 Å². The number of rotatable bonds is 6. The molecule has 0 unspecified atom stereocenters. The van der Waals surface area contributed by atoms with Gasteiger partial charge >= 0.3 is 0 Å². The Kier molecular flexibility index (Phi) is 6.43. The highest BCUT2D eigenvalue weighted by Crippen LogP contribution is 2.35. The van der Waals surface area contributed by atoms with Gasteiger partial charge in [-0.1, -0.05) is 13.0 Å². The molecule has 170 valence electrons. The van der Waals surface area contributed by atoms with Crippen LogP contribution in [0.1, 0.15) is 25.3 Å². The predicted octanol–water partition coefficient (Wildman–Crippen LogP) is 1.54. The fourth-order valence-electron chi connectivity index (χ4n) is 3.79. The second-order valence-electron chi connectivity index (χ2n) is 8.12. The zero-order valence-corrected chi connectivity index (χ0v) is 18.7. The van der Waals surface area contributed by atoms with Crippen molar-refractivity contribution < 1.29 is 22.7 Å². The minimum Gasteiger partial charge on any atom is -0.482 e. The first-order valence-electron chi connectivity index (χ1n) is 10.6. The molecule has 0 radical (unpaired) electrons. The van der Waals surface area contributed by atoms with Crippen LogP contribution in [0.3, 0.4) is 0 Å². The molecule has 0 aliphatic carbocycles. The van der Waals surface area contributed by atoms with E-state index in [1.54, 1.807) is 24.5 Å². The molecule has 1 fully saturated rings. The fourth-order valence-corrected chi connectivity index (χ4v) is 5.28. The van der Waals surface area contributed by atoms with Gasteiger partial charge < -0.3 is 10.1 Å². The molecule has 0 atom stereocenters. The number of aromatic nitrogens is 1. The van der Waals surface area contributed by atoms with Crippen molar-refractivity contribution in [1.29, 1.82) is 0 Å². The summed E-state index contributed by atoms with van der Waals surface area (Å²) in [7, 11) is -3.70. The number of nitrogens with one attached hydrogen (secondary N) is 1. The van der Waals surface area contributed by atoms with Gasteiger partial charge in [0, 0.05) is 32.0 Å². The average molecular weight is 459 g/mol. The Labute approximate surface area is 187 Å². The number of carbonyl (C=O) groups excluding carboxylic acids is 2. The number of carbonyl (C=O) groups is 2. The SMILES string of the molecule is CC1CCN(S(=O)(=O)c2ccc3c(c2)N(CC(=O)NCc2cccnc2)C(=O)CO3)CC1. The lowest BCUT2D eigenvalue weighted by Crippen LogP contribution is -2.45. The van der Waals surface area contributed by atoms with Gasteiger partial charge in [-0.25, -0.2) is 8.42 Å². The first-order valence-corrected chi connectivity index (χ1v) is 12.0. The van der Waals surface area contributed by atoms with E-state index in [2.05, 4.69) is 17.2 Å². The Bertz CT molecular complexity index is 1100. The lowest BCUT2D eigenvalue weighted by atomic mass is 10.0. The summed E-state index contributed by atoms with van der Waals surface area (Å²) < 4.78 is 33.2. The lowest BCUT2D eigenvalue weighted by molar-refractivity contribution is -0.125. The molecule has 10 heteroatoms. The van der Waals surface area contributed by atoms with Crippen LogP contribution in [0.4, 0.5) is 5.69 Å². The zero-order chi connectivity index (χ0) is 22.7. The van der Waals surface area contributed by atoms with E-state index in [1.807, 2.05) is 6.07 Å². The summed E-state index contributed by atoms with van der Waals surface area (Å²) in [6.45, 7) is 2.88. The van der Waals surface area contributed by atoms with Gasteiger partial charge in [-0.2, -0.15) is 4.31 Å². The average Bonchev–Trinajstić information content (AvgIpc) is 2.80. The van der Waals surface area contributed by atoms with Crippen LogP contribution in [0.5, 0.6) is 5.75 Å². The van der Waals surface area contributed by atoms with Crippen LogP contribution in [-0.2, 0) is 26.2 Å². The number of fused-ring (bicyclic) bond motifs is 1. The molecule has 2 aromatic rings. The van der Waals surface area contributed by atoms with E-state index in [-0.39, 0.29) is 36.2 Å². The third-order valence-corrected chi connectivity index (χ3v) is 7.66. The summed E-state index contributed by atoms with van der Waals surface area (Å²) in [6, 6.07) is 8.06. The van der Waals surface area contributed by atoms with Crippen LogP contribution < -0.4 is 15.0 Å². The van der Waals surface area contributed by atoms with Crippen LogP contribution >= 0.6 is 0 Å². The number of ether oxygens (including phenoxy) is 1. The van der Waals surface area contributed by atoms with Crippen molar-refractivity contribution in [1.82, 2.24) is 14.6 Å². The van der Waals surface area contributed by atoms with Gasteiger partial charge in [0.2, 0.25) is 15.9 Å². The van der Waals surface area contributed by atoms with E-state index >= 15 is 0 Å². The Morgan fingerprint density at radius 2 is 2.03 bits per heavy atom. The largest absolute Gasteiger partial charge is 0.482 e. The molecule has 4 rings (SSSR count). The standard InChI is InChI=1S/C22H26N4O5S/c1-16-6-9-25(10-7-16)32(29,30)18-4-5-20-19(11-18)26(22(28)15-31-20)14-21(27)24-13-17-3-2-8-23-12-17/h2-5,8,11-12,16H,6-7,9-10,13-15H2,1H3,(H,24,27). The minimum absolute atomic E-state index is 0.0878. The molecule has 0 saturated carbocycles. The summed E-state index contributed by atoms with van der Waals surface area (Å²) in [6.07, 6.45) is 4.92. The van der Waals surface area contributed by atoms with Gasteiger partial charge in [0.05, 0.1) is 10.6 Å². The zero-order valence-electron chi connectivity index (χ0n) is 17.9. The maximum atomic E-state index is 13.1. The van der Waals surface area contributed by atoms with E-state index < -0.39 is 15.9 Å². The molecule has 2 aliphatic heterocycles. The summed E-state index contributed by atoms with van der Waals surface area (Å²) in [5.74, 6) is 0.0938. The second kappa shape index (κ2) is 9.25. The van der Waals surface area contributed by atoms with Gasteiger partial charge in [0.15, 0.2) is 6.61 Å². The maximum absolute atomic E-state index is 13.1. The Hall–Kier alpha value is -2.98. The van der Waals surface area contributed by atoms with Crippen molar-refractivity contribution in [2.75, 3.05) is 31.1 Å². The normalized spacial score (nSPS) is 17.5. The Morgan fingerprint density at radius 1 is 1.25 bits per heavy atom. The third-order valence-electron chi connectivity index (χ3n) is 5.77. The molecule has 32 heavy (non-hydrogen) atoms. The third kappa shape index (κ3) is 4.76. The number of hydrogen-bond donors (Lipinski definition) is 1. The number of sulfonamides is 1. The Balaban J connectivity index is 1.52. The van der Waals surface area contributed by atoms with Crippen molar-refractivity contribution in [3.63, 3.8) is 0 Å². The first-order chi connectivity index (χ1) is 15.3. The quantitative estimate of drug-likeness (QED) is 0.704. The van der Waals surface area contributed by atoms with Crippen molar-refractivity contribution in [3.05, 3.63) is 48.3 Å².